The number of benzene rings is 3. The van der Waals surface area contributed by atoms with Gasteiger partial charge in [0.15, 0.2) is 0 Å². The Morgan fingerprint density at radius 3 is 2.29 bits per heavy atom. The van der Waals surface area contributed by atoms with Crippen molar-refractivity contribution in [3.05, 3.63) is 90.8 Å². The van der Waals surface area contributed by atoms with Crippen LogP contribution in [0.4, 0.5) is 49.7 Å². The summed E-state index contributed by atoms with van der Waals surface area (Å²) in [7, 11) is 0. The molecular weight excluding hydrogens is 514 g/mol. The summed E-state index contributed by atoms with van der Waals surface area (Å²) in [6, 6.07) is 16.8. The number of alkyl halides is 6. The summed E-state index contributed by atoms with van der Waals surface area (Å²) < 4.78 is 82.3. The first-order valence-corrected chi connectivity index (χ1v) is 10.9. The number of halogens is 6. The third-order valence-electron chi connectivity index (χ3n) is 5.27. The van der Waals surface area contributed by atoms with Gasteiger partial charge in [-0.1, -0.05) is 18.2 Å². The number of hydrogen-bond donors (Lipinski definition) is 2. The number of para-hydroxylation sites is 1. The normalized spacial score (nSPS) is 11.9. The van der Waals surface area contributed by atoms with E-state index in [-0.39, 0.29) is 23.3 Å². The molecule has 0 aliphatic carbocycles. The third-order valence-corrected chi connectivity index (χ3v) is 5.27. The van der Waals surface area contributed by atoms with Crippen LogP contribution >= 0.6 is 0 Å². The summed E-state index contributed by atoms with van der Waals surface area (Å²) >= 11 is 0. The number of aromatic nitrogens is 4. The molecule has 0 atom stereocenters. The van der Waals surface area contributed by atoms with Gasteiger partial charge in [0.2, 0.25) is 11.9 Å². The molecule has 2 aromatic heterocycles. The van der Waals surface area contributed by atoms with Gasteiger partial charge in [-0.15, -0.1) is 13.2 Å². The van der Waals surface area contributed by atoms with Crippen LogP contribution in [0.3, 0.4) is 0 Å². The van der Waals surface area contributed by atoms with Crippen molar-refractivity contribution in [3.8, 4) is 11.4 Å². The molecule has 0 bridgehead atoms. The minimum absolute atomic E-state index is 0.118. The summed E-state index contributed by atoms with van der Waals surface area (Å²) in [5.74, 6) is 0.237. The van der Waals surface area contributed by atoms with Gasteiger partial charge in [-0.05, 0) is 54.6 Å². The molecule has 0 unspecified atom stereocenters. The van der Waals surface area contributed by atoms with Crippen LogP contribution in [0.15, 0.2) is 85.2 Å². The number of ether oxygens (including phenoxy) is 1. The van der Waals surface area contributed by atoms with E-state index in [1.165, 1.54) is 41.2 Å². The molecule has 3 aromatic carbocycles. The highest BCUT2D eigenvalue weighted by molar-refractivity contribution is 5.91. The number of anilines is 4. The number of nitrogens with one attached hydrogen (secondary N) is 2. The molecule has 5 aromatic rings. The van der Waals surface area contributed by atoms with Crippen molar-refractivity contribution in [2.45, 2.75) is 12.5 Å². The summed E-state index contributed by atoms with van der Waals surface area (Å²) in [5.41, 5.74) is 0.353. The minimum Gasteiger partial charge on any atom is -0.406 e. The average molecular weight is 530 g/mol. The predicted molar refractivity (Wildman–Crippen MR) is 128 cm³/mol. The highest BCUT2D eigenvalue weighted by Gasteiger charge is 2.31. The van der Waals surface area contributed by atoms with Crippen LogP contribution in [0, 0.1) is 0 Å². The van der Waals surface area contributed by atoms with Crippen LogP contribution in [-0.4, -0.2) is 25.9 Å². The van der Waals surface area contributed by atoms with Crippen LogP contribution in [0.1, 0.15) is 5.56 Å². The lowest BCUT2D eigenvalue weighted by Crippen LogP contribution is -2.17. The van der Waals surface area contributed by atoms with Crippen LogP contribution in [0.25, 0.3) is 16.6 Å². The fourth-order valence-electron chi connectivity index (χ4n) is 3.64. The molecule has 0 saturated heterocycles. The van der Waals surface area contributed by atoms with E-state index in [9.17, 15) is 26.3 Å². The van der Waals surface area contributed by atoms with Crippen LogP contribution in [0.5, 0.6) is 5.75 Å². The van der Waals surface area contributed by atoms with Gasteiger partial charge in [0.1, 0.15) is 11.6 Å². The molecule has 0 saturated carbocycles. The molecule has 5 rings (SSSR count). The molecule has 2 N–H and O–H groups in total. The third kappa shape index (κ3) is 5.61. The first-order valence-electron chi connectivity index (χ1n) is 10.9. The van der Waals surface area contributed by atoms with E-state index in [1.807, 2.05) is 0 Å². The fourth-order valence-corrected chi connectivity index (χ4v) is 3.64. The van der Waals surface area contributed by atoms with Gasteiger partial charge in [-0.25, -0.2) is 9.97 Å². The summed E-state index contributed by atoms with van der Waals surface area (Å²) in [6.07, 6.45) is -6.39. The van der Waals surface area contributed by atoms with Gasteiger partial charge in [-0.3, -0.25) is 4.57 Å². The lowest BCUT2D eigenvalue weighted by molar-refractivity contribution is -0.274. The second-order valence-corrected chi connectivity index (χ2v) is 7.90. The highest BCUT2D eigenvalue weighted by Crippen LogP contribution is 2.32. The van der Waals surface area contributed by atoms with Gasteiger partial charge in [0.25, 0.3) is 0 Å². The van der Waals surface area contributed by atoms with E-state index in [2.05, 4.69) is 30.3 Å². The number of rotatable bonds is 6. The molecule has 0 amide bonds. The lowest BCUT2D eigenvalue weighted by atomic mass is 10.2. The lowest BCUT2D eigenvalue weighted by Gasteiger charge is -2.14. The largest absolute Gasteiger partial charge is 0.573 e. The van der Waals surface area contributed by atoms with Crippen molar-refractivity contribution in [1.29, 1.82) is 0 Å². The van der Waals surface area contributed by atoms with E-state index in [4.69, 9.17) is 0 Å². The van der Waals surface area contributed by atoms with Gasteiger partial charge < -0.3 is 15.4 Å². The molecule has 194 valence electrons. The topological polar surface area (TPSA) is 76.9 Å². The molecule has 0 fully saturated rings. The molecule has 0 aliphatic heterocycles. The average Bonchev–Trinajstić information content (AvgIpc) is 3.32. The Labute approximate surface area is 210 Å². The smallest absolute Gasteiger partial charge is 0.406 e. The van der Waals surface area contributed by atoms with Gasteiger partial charge in [0.05, 0.1) is 11.1 Å². The Balaban J connectivity index is 1.46. The van der Waals surface area contributed by atoms with E-state index in [1.54, 1.807) is 24.3 Å². The standard InChI is InChI=1S/C25H16F6N6O/c26-24(27,28)15-4-3-5-17(14-15)37-13-12-32-23(37)36-21-19-6-1-2-7-20(19)34-22(35-21)33-16-8-10-18(11-9-16)38-25(29,30)31/h1-14H,(H2,32,33,34,35,36). The van der Waals surface area contributed by atoms with Crippen molar-refractivity contribution in [2.75, 3.05) is 10.6 Å². The second-order valence-electron chi connectivity index (χ2n) is 7.90. The van der Waals surface area contributed by atoms with Gasteiger partial charge >= 0.3 is 12.5 Å². The Kier molecular flexibility index (Phi) is 6.27. The molecular formula is C25H16F6N6O. The second kappa shape index (κ2) is 9.57. The maximum Gasteiger partial charge on any atom is 0.573 e. The Morgan fingerprint density at radius 2 is 1.55 bits per heavy atom. The molecule has 0 radical (unpaired) electrons. The molecule has 7 nitrogen and oxygen atoms in total. The summed E-state index contributed by atoms with van der Waals surface area (Å²) in [5, 5.41) is 6.58. The SMILES string of the molecule is FC(F)(F)Oc1ccc(Nc2nc(Nc3nccn3-c3cccc(C(F)(F)F)c3)c3ccccc3n2)cc1. The molecule has 2 heterocycles. The number of nitrogens with zero attached hydrogens (tertiary/aromatic N) is 4. The van der Waals surface area contributed by atoms with Gasteiger partial charge in [0, 0.05) is 29.2 Å². The summed E-state index contributed by atoms with van der Waals surface area (Å²) in [4.78, 5) is 13.1. The number of fused-ring (bicyclic) bond motifs is 1. The minimum atomic E-state index is -4.81. The van der Waals surface area contributed by atoms with Crippen molar-refractivity contribution in [2.24, 2.45) is 0 Å². The zero-order valence-corrected chi connectivity index (χ0v) is 19.0. The van der Waals surface area contributed by atoms with E-state index < -0.39 is 18.1 Å². The quantitative estimate of drug-likeness (QED) is 0.226. The highest BCUT2D eigenvalue weighted by atomic mass is 19.4. The predicted octanol–water partition coefficient (Wildman–Crippen LogP) is 7.22. The van der Waals surface area contributed by atoms with E-state index in [0.29, 0.717) is 22.4 Å². The molecule has 0 aliphatic rings. The van der Waals surface area contributed by atoms with E-state index in [0.717, 1.165) is 24.3 Å². The Morgan fingerprint density at radius 1 is 0.789 bits per heavy atom. The number of imidazole rings is 1. The maximum atomic E-state index is 13.2. The van der Waals surface area contributed by atoms with Gasteiger partial charge in [-0.2, -0.15) is 18.2 Å². The zero-order valence-electron chi connectivity index (χ0n) is 19.0. The summed E-state index contributed by atoms with van der Waals surface area (Å²) in [6.45, 7) is 0. The monoisotopic (exact) mass is 530 g/mol. The molecule has 0 spiro atoms. The first kappa shape index (κ1) is 24.9. The first-order chi connectivity index (χ1) is 18.0. The van der Waals surface area contributed by atoms with Crippen molar-refractivity contribution < 1.29 is 31.1 Å². The van der Waals surface area contributed by atoms with Crippen molar-refractivity contribution in [1.82, 2.24) is 19.5 Å². The Hall–Kier alpha value is -4.81. The van der Waals surface area contributed by atoms with Crippen LogP contribution in [0.2, 0.25) is 0 Å². The van der Waals surface area contributed by atoms with E-state index >= 15 is 0 Å². The van der Waals surface area contributed by atoms with Crippen LogP contribution in [-0.2, 0) is 6.18 Å². The maximum absolute atomic E-state index is 13.2. The number of hydrogen-bond acceptors (Lipinski definition) is 6. The molecule has 38 heavy (non-hydrogen) atoms. The van der Waals surface area contributed by atoms with Crippen LogP contribution < -0.4 is 15.4 Å². The molecule has 13 heteroatoms. The van der Waals surface area contributed by atoms with Crippen molar-refractivity contribution in [3.63, 3.8) is 0 Å². The van der Waals surface area contributed by atoms with Crippen molar-refractivity contribution >= 4 is 34.3 Å². The Bertz CT molecular complexity index is 1580. The zero-order chi connectivity index (χ0) is 26.9. The fraction of sp³-hybridized carbons (Fsp3) is 0.0800.